The van der Waals surface area contributed by atoms with E-state index in [1.54, 1.807) is 19.1 Å². The molecule has 1 aliphatic heterocycles. The Kier molecular flexibility index (Phi) is 4.84. The predicted octanol–water partition coefficient (Wildman–Crippen LogP) is 2.06. The lowest BCUT2D eigenvalue weighted by molar-refractivity contribution is 0.0526. The third kappa shape index (κ3) is 3.22. The fourth-order valence-electron chi connectivity index (χ4n) is 2.49. The molecule has 1 heterocycles. The first kappa shape index (κ1) is 14.7. The van der Waals surface area contributed by atoms with E-state index in [2.05, 4.69) is 4.90 Å². The van der Waals surface area contributed by atoms with Crippen LogP contribution in [0.3, 0.4) is 0 Å². The van der Waals surface area contributed by atoms with Gasteiger partial charge in [0.2, 0.25) is 0 Å². The molecule has 0 aliphatic carbocycles. The van der Waals surface area contributed by atoms with E-state index in [0.29, 0.717) is 17.9 Å². The van der Waals surface area contributed by atoms with Crippen molar-refractivity contribution in [2.24, 2.45) is 0 Å². The molecule has 0 spiro atoms. The van der Waals surface area contributed by atoms with Gasteiger partial charge in [0, 0.05) is 19.7 Å². The highest BCUT2D eigenvalue weighted by Crippen LogP contribution is 2.30. The summed E-state index contributed by atoms with van der Waals surface area (Å²) >= 11 is 0. The maximum atomic E-state index is 12.1. The number of nitrogen functional groups attached to an aromatic ring is 1. The normalized spacial score (nSPS) is 19.5. The van der Waals surface area contributed by atoms with Crippen LogP contribution in [0.1, 0.15) is 30.6 Å². The molecule has 1 saturated heterocycles. The van der Waals surface area contributed by atoms with Crippen molar-refractivity contribution in [3.8, 4) is 0 Å². The molecule has 1 unspecified atom stereocenters. The fourth-order valence-corrected chi connectivity index (χ4v) is 2.49. The Bertz CT molecular complexity index is 476. The minimum Gasteiger partial charge on any atom is -0.462 e. The number of ether oxygens (including phenoxy) is 2. The van der Waals surface area contributed by atoms with E-state index >= 15 is 0 Å². The Morgan fingerprint density at radius 3 is 3.10 bits per heavy atom. The Morgan fingerprint density at radius 2 is 2.35 bits per heavy atom. The van der Waals surface area contributed by atoms with Crippen molar-refractivity contribution in [1.82, 2.24) is 0 Å². The summed E-state index contributed by atoms with van der Waals surface area (Å²) in [6.07, 6.45) is 1.04. The Labute approximate surface area is 119 Å². The first-order valence-electron chi connectivity index (χ1n) is 7.05. The first-order chi connectivity index (χ1) is 9.63. The zero-order valence-electron chi connectivity index (χ0n) is 12.1. The van der Waals surface area contributed by atoms with Gasteiger partial charge in [0.1, 0.15) is 0 Å². The third-order valence-corrected chi connectivity index (χ3v) is 3.33. The molecule has 110 valence electrons. The molecule has 0 radical (unpaired) electrons. The van der Waals surface area contributed by atoms with Crippen LogP contribution in [0, 0.1) is 0 Å². The van der Waals surface area contributed by atoms with E-state index in [1.807, 2.05) is 13.0 Å². The van der Waals surface area contributed by atoms with Crippen LogP contribution in [0.5, 0.6) is 0 Å². The summed E-state index contributed by atoms with van der Waals surface area (Å²) in [7, 11) is 0. The van der Waals surface area contributed by atoms with Gasteiger partial charge in [0.15, 0.2) is 0 Å². The van der Waals surface area contributed by atoms with Crippen LogP contribution in [0.2, 0.25) is 0 Å². The summed E-state index contributed by atoms with van der Waals surface area (Å²) in [6, 6.07) is 5.36. The smallest absolute Gasteiger partial charge is 0.340 e. The van der Waals surface area contributed by atoms with Crippen molar-refractivity contribution in [2.45, 2.75) is 26.4 Å². The van der Waals surface area contributed by atoms with E-state index < -0.39 is 0 Å². The van der Waals surface area contributed by atoms with Gasteiger partial charge in [-0.1, -0.05) is 6.07 Å². The number of para-hydroxylation sites is 1. The van der Waals surface area contributed by atoms with Gasteiger partial charge in [-0.3, -0.25) is 0 Å². The van der Waals surface area contributed by atoms with Crippen LogP contribution in [-0.2, 0) is 9.47 Å². The molecular weight excluding hydrogens is 256 g/mol. The van der Waals surface area contributed by atoms with Gasteiger partial charge in [-0.05, 0) is 32.4 Å². The Hall–Kier alpha value is -1.75. The van der Waals surface area contributed by atoms with Crippen LogP contribution in [0.25, 0.3) is 0 Å². The second kappa shape index (κ2) is 6.61. The number of nitrogens with two attached hydrogens (primary N) is 1. The summed E-state index contributed by atoms with van der Waals surface area (Å²) in [4.78, 5) is 14.2. The molecule has 5 heteroatoms. The molecule has 0 bridgehead atoms. The third-order valence-electron chi connectivity index (χ3n) is 3.33. The van der Waals surface area contributed by atoms with Crippen LogP contribution in [-0.4, -0.2) is 38.4 Å². The standard InChI is InChI=1S/C15H22N2O3/c1-3-19-15(18)12-6-4-7-13(16)14(12)17-8-5-9-20-11(2)10-17/h4,6-7,11H,3,5,8-10,16H2,1-2H3. The van der Waals surface area contributed by atoms with E-state index in [-0.39, 0.29) is 12.1 Å². The number of anilines is 2. The number of carbonyl (C=O) groups excluding carboxylic acids is 1. The number of nitrogens with zero attached hydrogens (tertiary/aromatic N) is 1. The van der Waals surface area contributed by atoms with Gasteiger partial charge >= 0.3 is 5.97 Å². The highest BCUT2D eigenvalue weighted by atomic mass is 16.5. The second-order valence-electron chi connectivity index (χ2n) is 4.94. The first-order valence-corrected chi connectivity index (χ1v) is 7.05. The Balaban J connectivity index is 2.35. The topological polar surface area (TPSA) is 64.8 Å². The lowest BCUT2D eigenvalue weighted by Crippen LogP contribution is -2.32. The molecular formula is C15H22N2O3. The molecule has 0 saturated carbocycles. The summed E-state index contributed by atoms with van der Waals surface area (Å²) in [5, 5.41) is 0. The van der Waals surface area contributed by atoms with E-state index in [9.17, 15) is 4.79 Å². The van der Waals surface area contributed by atoms with Gasteiger partial charge in [-0.2, -0.15) is 0 Å². The van der Waals surface area contributed by atoms with E-state index in [4.69, 9.17) is 15.2 Å². The van der Waals surface area contributed by atoms with Crippen molar-refractivity contribution in [2.75, 3.05) is 36.9 Å². The van der Waals surface area contributed by atoms with Crippen molar-refractivity contribution in [3.63, 3.8) is 0 Å². The Morgan fingerprint density at radius 1 is 1.55 bits per heavy atom. The number of rotatable bonds is 3. The van der Waals surface area contributed by atoms with Crippen molar-refractivity contribution in [3.05, 3.63) is 23.8 Å². The van der Waals surface area contributed by atoms with Crippen LogP contribution in [0.4, 0.5) is 11.4 Å². The summed E-state index contributed by atoms with van der Waals surface area (Å²) < 4.78 is 10.8. The number of hydrogen-bond acceptors (Lipinski definition) is 5. The minimum absolute atomic E-state index is 0.118. The number of esters is 1. The number of benzene rings is 1. The molecule has 1 fully saturated rings. The number of hydrogen-bond donors (Lipinski definition) is 1. The molecule has 0 amide bonds. The molecule has 1 aromatic carbocycles. The molecule has 1 aromatic rings. The summed E-state index contributed by atoms with van der Waals surface area (Å²) in [5.41, 5.74) is 7.99. The molecule has 0 aromatic heterocycles. The molecule has 1 aliphatic rings. The quantitative estimate of drug-likeness (QED) is 0.677. The van der Waals surface area contributed by atoms with Gasteiger partial charge < -0.3 is 20.1 Å². The van der Waals surface area contributed by atoms with Gasteiger partial charge in [-0.15, -0.1) is 0 Å². The summed E-state index contributed by atoms with van der Waals surface area (Å²) in [6.45, 7) is 6.46. The van der Waals surface area contributed by atoms with Crippen molar-refractivity contribution >= 4 is 17.3 Å². The molecule has 5 nitrogen and oxygen atoms in total. The average molecular weight is 278 g/mol. The van der Waals surface area contributed by atoms with Crippen LogP contribution >= 0.6 is 0 Å². The van der Waals surface area contributed by atoms with Gasteiger partial charge in [0.25, 0.3) is 0 Å². The van der Waals surface area contributed by atoms with Crippen LogP contribution in [0.15, 0.2) is 18.2 Å². The minimum atomic E-state index is -0.326. The lowest BCUT2D eigenvalue weighted by Gasteiger charge is -2.27. The molecule has 1 atom stereocenters. The predicted molar refractivity (Wildman–Crippen MR) is 79.1 cm³/mol. The van der Waals surface area contributed by atoms with E-state index in [1.165, 1.54) is 0 Å². The van der Waals surface area contributed by atoms with Gasteiger partial charge in [0.05, 0.1) is 29.6 Å². The van der Waals surface area contributed by atoms with E-state index in [0.717, 1.165) is 31.8 Å². The SMILES string of the molecule is CCOC(=O)c1cccc(N)c1N1CCCOC(C)C1. The van der Waals surface area contributed by atoms with Gasteiger partial charge in [-0.25, -0.2) is 4.79 Å². The zero-order valence-corrected chi connectivity index (χ0v) is 12.1. The number of carbonyl (C=O) groups is 1. The molecule has 2 rings (SSSR count). The van der Waals surface area contributed by atoms with Crippen molar-refractivity contribution in [1.29, 1.82) is 0 Å². The molecule has 2 N–H and O–H groups in total. The lowest BCUT2D eigenvalue weighted by atomic mass is 10.1. The highest BCUT2D eigenvalue weighted by molar-refractivity contribution is 5.99. The largest absolute Gasteiger partial charge is 0.462 e. The highest BCUT2D eigenvalue weighted by Gasteiger charge is 2.23. The monoisotopic (exact) mass is 278 g/mol. The summed E-state index contributed by atoms with van der Waals surface area (Å²) in [5.74, 6) is -0.326. The zero-order chi connectivity index (χ0) is 14.5. The second-order valence-corrected chi connectivity index (χ2v) is 4.94. The maximum absolute atomic E-state index is 12.1. The maximum Gasteiger partial charge on any atom is 0.340 e. The average Bonchev–Trinajstić information content (AvgIpc) is 2.63. The van der Waals surface area contributed by atoms with Crippen molar-refractivity contribution < 1.29 is 14.3 Å². The molecule has 20 heavy (non-hydrogen) atoms. The fraction of sp³-hybridized carbons (Fsp3) is 0.533. The van der Waals surface area contributed by atoms with Crippen LogP contribution < -0.4 is 10.6 Å².